The van der Waals surface area contributed by atoms with Crippen molar-refractivity contribution in [2.75, 3.05) is 0 Å². The van der Waals surface area contributed by atoms with E-state index in [1.807, 2.05) is 6.07 Å². The normalized spacial score (nSPS) is 21.8. The summed E-state index contributed by atoms with van der Waals surface area (Å²) in [5.74, 6) is -0.976. The molecule has 162 valence electrons. The number of benzene rings is 1. The summed E-state index contributed by atoms with van der Waals surface area (Å²) in [7, 11) is 0. The monoisotopic (exact) mass is 468 g/mol. The molecule has 5 rings (SSSR count). The van der Waals surface area contributed by atoms with E-state index in [2.05, 4.69) is 15.2 Å². The Kier molecular flexibility index (Phi) is 4.78. The summed E-state index contributed by atoms with van der Waals surface area (Å²) < 4.78 is 33.4. The molecule has 11 heteroatoms. The van der Waals surface area contributed by atoms with E-state index in [4.69, 9.17) is 32.8 Å². The number of alkyl halides is 2. The van der Waals surface area contributed by atoms with Crippen LogP contribution in [0.3, 0.4) is 0 Å². The topological polar surface area (TPSA) is 94.0 Å². The van der Waals surface area contributed by atoms with E-state index in [0.717, 1.165) is 18.4 Å². The third kappa shape index (κ3) is 3.30. The summed E-state index contributed by atoms with van der Waals surface area (Å²) in [6.07, 6.45) is -0.684. The highest BCUT2D eigenvalue weighted by Gasteiger charge is 2.51. The minimum atomic E-state index is -2.78. The molecule has 0 radical (unpaired) electrons. The maximum Gasteiger partial charge on any atom is 0.306 e. The molecule has 2 aliphatic rings. The SMILES string of the molecule is O=C(O)C1CC(n2nc(C(F)F)cc2-c2nc(C3(c4cccc(Cl)c4Cl)CC3)no2)C1. The number of carboxylic acid groups (broad SMARTS) is 1. The number of aliphatic carboxylic acids is 1. The molecule has 2 aliphatic carbocycles. The van der Waals surface area contributed by atoms with Gasteiger partial charge in [0.1, 0.15) is 11.4 Å². The molecule has 0 atom stereocenters. The first kappa shape index (κ1) is 20.4. The zero-order chi connectivity index (χ0) is 21.9. The number of hydrogen-bond donors (Lipinski definition) is 1. The molecule has 0 unspecified atom stereocenters. The van der Waals surface area contributed by atoms with E-state index in [0.29, 0.717) is 28.7 Å². The highest BCUT2D eigenvalue weighted by atomic mass is 35.5. The molecule has 1 aromatic carbocycles. The highest BCUT2D eigenvalue weighted by Crippen LogP contribution is 2.55. The van der Waals surface area contributed by atoms with Crippen molar-refractivity contribution in [1.82, 2.24) is 19.9 Å². The van der Waals surface area contributed by atoms with Gasteiger partial charge in [0.05, 0.1) is 27.4 Å². The van der Waals surface area contributed by atoms with Crippen LogP contribution in [0.5, 0.6) is 0 Å². The Hall–Kier alpha value is -2.52. The predicted molar refractivity (Wildman–Crippen MR) is 106 cm³/mol. The van der Waals surface area contributed by atoms with Gasteiger partial charge in [-0.2, -0.15) is 10.1 Å². The van der Waals surface area contributed by atoms with Crippen molar-refractivity contribution in [1.29, 1.82) is 0 Å². The second kappa shape index (κ2) is 7.27. The molecule has 2 fully saturated rings. The fourth-order valence-corrected chi connectivity index (χ4v) is 4.56. The molecule has 31 heavy (non-hydrogen) atoms. The summed E-state index contributed by atoms with van der Waals surface area (Å²) in [4.78, 5) is 15.6. The maximum atomic E-state index is 13.3. The maximum absolute atomic E-state index is 13.3. The third-order valence-corrected chi connectivity index (χ3v) is 6.90. The Balaban J connectivity index is 1.50. The van der Waals surface area contributed by atoms with Crippen LogP contribution in [-0.4, -0.2) is 31.0 Å². The van der Waals surface area contributed by atoms with E-state index in [1.165, 1.54) is 10.7 Å². The molecule has 0 amide bonds. The Morgan fingerprint density at radius 1 is 1.29 bits per heavy atom. The van der Waals surface area contributed by atoms with Gasteiger partial charge in [-0.15, -0.1) is 0 Å². The van der Waals surface area contributed by atoms with Gasteiger partial charge in [-0.3, -0.25) is 9.48 Å². The molecule has 2 saturated carbocycles. The predicted octanol–water partition coefficient (Wildman–Crippen LogP) is 5.29. The number of aromatic nitrogens is 4. The van der Waals surface area contributed by atoms with Crippen molar-refractivity contribution < 1.29 is 23.2 Å². The number of halogens is 4. The van der Waals surface area contributed by atoms with Crippen LogP contribution in [0.15, 0.2) is 28.8 Å². The molecule has 1 N–H and O–H groups in total. The number of carbonyl (C=O) groups is 1. The van der Waals surface area contributed by atoms with Gasteiger partial charge in [0, 0.05) is 0 Å². The standard InChI is InChI=1S/C20H16Cl2F2N4O3/c21-12-3-1-2-11(15(12)22)20(4-5-20)19-25-17(31-27-19)14-8-13(16(23)24)26-28(14)10-6-9(7-10)18(29)30/h1-3,8-10,16H,4-7H2,(H,29,30). The minimum Gasteiger partial charge on any atom is -0.481 e. The van der Waals surface area contributed by atoms with Gasteiger partial charge in [0.25, 0.3) is 12.3 Å². The number of nitrogens with zero attached hydrogens (tertiary/aromatic N) is 4. The van der Waals surface area contributed by atoms with Crippen molar-refractivity contribution in [3.05, 3.63) is 51.4 Å². The quantitative estimate of drug-likeness (QED) is 0.527. The zero-order valence-corrected chi connectivity index (χ0v) is 17.4. The van der Waals surface area contributed by atoms with Gasteiger partial charge in [-0.05, 0) is 43.4 Å². The van der Waals surface area contributed by atoms with Crippen LogP contribution in [0, 0.1) is 5.92 Å². The molecular formula is C20H16Cl2F2N4O3. The van der Waals surface area contributed by atoms with Crippen LogP contribution >= 0.6 is 23.2 Å². The van der Waals surface area contributed by atoms with Crippen LogP contribution in [0.4, 0.5) is 8.78 Å². The van der Waals surface area contributed by atoms with Crippen LogP contribution in [0.2, 0.25) is 10.0 Å². The van der Waals surface area contributed by atoms with Gasteiger partial charge >= 0.3 is 5.97 Å². The van der Waals surface area contributed by atoms with Gasteiger partial charge in [-0.25, -0.2) is 8.78 Å². The van der Waals surface area contributed by atoms with Crippen LogP contribution in [-0.2, 0) is 10.2 Å². The van der Waals surface area contributed by atoms with Gasteiger partial charge in [-0.1, -0.05) is 40.5 Å². The second-order valence-corrected chi connectivity index (χ2v) is 8.75. The molecule has 0 aliphatic heterocycles. The lowest BCUT2D eigenvalue weighted by Gasteiger charge is -2.33. The number of rotatable bonds is 6. The second-order valence-electron chi connectivity index (χ2n) is 7.97. The average Bonchev–Trinajstić information content (AvgIpc) is 3.13. The minimum absolute atomic E-state index is 0.0533. The molecule has 7 nitrogen and oxygen atoms in total. The fraction of sp³-hybridized carbons (Fsp3) is 0.400. The van der Waals surface area contributed by atoms with E-state index < -0.39 is 29.4 Å². The van der Waals surface area contributed by atoms with E-state index in [9.17, 15) is 13.6 Å². The van der Waals surface area contributed by atoms with E-state index >= 15 is 0 Å². The summed E-state index contributed by atoms with van der Waals surface area (Å²) in [6, 6.07) is 6.23. The van der Waals surface area contributed by atoms with E-state index in [-0.39, 0.29) is 17.6 Å². The molecular weight excluding hydrogens is 453 g/mol. The smallest absolute Gasteiger partial charge is 0.306 e. The largest absolute Gasteiger partial charge is 0.481 e. The Morgan fingerprint density at radius 3 is 2.68 bits per heavy atom. The molecule has 0 saturated heterocycles. The average molecular weight is 469 g/mol. The van der Waals surface area contributed by atoms with Gasteiger partial charge < -0.3 is 9.63 Å². The number of carboxylic acids is 1. The fourth-order valence-electron chi connectivity index (χ4n) is 4.08. The molecule has 2 heterocycles. The molecule has 3 aromatic rings. The first-order chi connectivity index (χ1) is 14.8. The van der Waals surface area contributed by atoms with Crippen molar-refractivity contribution in [2.45, 2.75) is 43.6 Å². The first-order valence-electron chi connectivity index (χ1n) is 9.69. The van der Waals surface area contributed by atoms with Gasteiger partial charge in [0.15, 0.2) is 5.82 Å². The summed E-state index contributed by atoms with van der Waals surface area (Å²) in [5.41, 5.74) is 0.0767. The van der Waals surface area contributed by atoms with Crippen LogP contribution in [0.1, 0.15) is 55.2 Å². The zero-order valence-electron chi connectivity index (χ0n) is 15.9. The lowest BCUT2D eigenvalue weighted by molar-refractivity contribution is -0.146. The Labute approximate surface area is 185 Å². The summed E-state index contributed by atoms with van der Waals surface area (Å²) in [5, 5.41) is 18.0. The summed E-state index contributed by atoms with van der Waals surface area (Å²) in [6.45, 7) is 0. The van der Waals surface area contributed by atoms with Gasteiger partial charge in [0.2, 0.25) is 0 Å². The van der Waals surface area contributed by atoms with Crippen molar-refractivity contribution in [2.24, 2.45) is 5.92 Å². The Bertz CT molecular complexity index is 1170. The molecule has 2 aromatic heterocycles. The van der Waals surface area contributed by atoms with Crippen molar-refractivity contribution in [3.63, 3.8) is 0 Å². The highest BCUT2D eigenvalue weighted by molar-refractivity contribution is 6.42. The van der Waals surface area contributed by atoms with Crippen molar-refractivity contribution >= 4 is 29.2 Å². The third-order valence-electron chi connectivity index (χ3n) is 6.08. The van der Waals surface area contributed by atoms with Crippen LogP contribution < -0.4 is 0 Å². The summed E-state index contributed by atoms with van der Waals surface area (Å²) >= 11 is 12.6. The number of hydrogen-bond acceptors (Lipinski definition) is 5. The molecule has 0 spiro atoms. The van der Waals surface area contributed by atoms with Crippen molar-refractivity contribution in [3.8, 4) is 11.6 Å². The lowest BCUT2D eigenvalue weighted by Crippen LogP contribution is -2.33. The first-order valence-corrected chi connectivity index (χ1v) is 10.4. The Morgan fingerprint density at radius 2 is 2.03 bits per heavy atom. The lowest BCUT2D eigenvalue weighted by atomic mass is 9.80. The molecule has 0 bridgehead atoms. The van der Waals surface area contributed by atoms with Crippen LogP contribution in [0.25, 0.3) is 11.6 Å². The van der Waals surface area contributed by atoms with E-state index in [1.54, 1.807) is 12.1 Å².